The molecule has 5 nitrogen and oxygen atoms in total. The summed E-state index contributed by atoms with van der Waals surface area (Å²) in [5.41, 5.74) is 3.37. The summed E-state index contributed by atoms with van der Waals surface area (Å²) in [4.78, 5) is 4.41. The Morgan fingerprint density at radius 3 is 2.85 bits per heavy atom. The Kier molecular flexibility index (Phi) is 4.87. The molecule has 1 heterocycles. The minimum Gasteiger partial charge on any atom is -0.369 e. The first-order valence-corrected chi connectivity index (χ1v) is 6.97. The summed E-state index contributed by atoms with van der Waals surface area (Å²) < 4.78 is 0. The molecule has 0 saturated heterocycles. The number of aryl methyl sites for hydroxylation is 2. The van der Waals surface area contributed by atoms with Crippen molar-refractivity contribution >= 4 is 17.5 Å². The van der Waals surface area contributed by atoms with Gasteiger partial charge in [0.05, 0.1) is 6.20 Å². The van der Waals surface area contributed by atoms with E-state index >= 15 is 0 Å². The normalized spacial score (nSPS) is 10.3. The van der Waals surface area contributed by atoms with Gasteiger partial charge in [-0.25, -0.2) is 0 Å². The molecule has 0 unspecified atom stereocenters. The van der Waals surface area contributed by atoms with Gasteiger partial charge in [0.25, 0.3) is 0 Å². The first-order chi connectivity index (χ1) is 9.69. The quantitative estimate of drug-likeness (QED) is 0.788. The predicted octanol–water partition coefficient (Wildman–Crippen LogP) is 3.44. The second kappa shape index (κ2) is 6.84. The molecule has 0 fully saturated rings. The molecule has 20 heavy (non-hydrogen) atoms. The Hall–Kier alpha value is -2.17. The molecule has 0 aliphatic carbocycles. The van der Waals surface area contributed by atoms with E-state index in [1.807, 2.05) is 0 Å². The van der Waals surface area contributed by atoms with Gasteiger partial charge in [-0.2, -0.15) is 10.1 Å². The number of unbranched alkanes of at least 4 members (excludes halogenated alkanes) is 1. The highest BCUT2D eigenvalue weighted by Crippen LogP contribution is 2.19. The van der Waals surface area contributed by atoms with Crippen molar-refractivity contribution in [2.45, 2.75) is 33.6 Å². The molecule has 0 aliphatic heterocycles. The summed E-state index contributed by atoms with van der Waals surface area (Å²) in [6.45, 7) is 7.18. The molecule has 2 rings (SSSR count). The molecule has 0 bridgehead atoms. The van der Waals surface area contributed by atoms with Gasteiger partial charge in [-0.1, -0.05) is 25.5 Å². The van der Waals surface area contributed by atoms with E-state index in [4.69, 9.17) is 0 Å². The summed E-state index contributed by atoms with van der Waals surface area (Å²) >= 11 is 0. The molecule has 0 amide bonds. The van der Waals surface area contributed by atoms with Crippen LogP contribution in [-0.2, 0) is 0 Å². The lowest BCUT2D eigenvalue weighted by atomic mass is 10.1. The van der Waals surface area contributed by atoms with E-state index in [-0.39, 0.29) is 0 Å². The molecule has 106 valence electrons. The van der Waals surface area contributed by atoms with Crippen LogP contribution in [0, 0.1) is 13.8 Å². The zero-order valence-corrected chi connectivity index (χ0v) is 12.3. The molecule has 0 radical (unpaired) electrons. The molecule has 0 saturated carbocycles. The third kappa shape index (κ3) is 3.91. The lowest BCUT2D eigenvalue weighted by Gasteiger charge is -2.10. The van der Waals surface area contributed by atoms with Crippen LogP contribution < -0.4 is 10.6 Å². The number of benzene rings is 1. The lowest BCUT2D eigenvalue weighted by molar-refractivity contribution is 0.827. The molecule has 1 aromatic heterocycles. The Morgan fingerprint density at radius 2 is 2.05 bits per heavy atom. The molecular weight excluding hydrogens is 250 g/mol. The Bertz CT molecular complexity index is 568. The summed E-state index contributed by atoms with van der Waals surface area (Å²) in [6.07, 6.45) is 3.91. The highest BCUT2D eigenvalue weighted by Gasteiger charge is 2.03. The monoisotopic (exact) mass is 271 g/mol. The van der Waals surface area contributed by atoms with Crippen LogP contribution in [0.3, 0.4) is 0 Å². The van der Waals surface area contributed by atoms with Crippen molar-refractivity contribution in [1.82, 2.24) is 15.2 Å². The zero-order valence-electron chi connectivity index (χ0n) is 12.3. The molecule has 0 spiro atoms. The van der Waals surface area contributed by atoms with E-state index in [1.165, 1.54) is 5.56 Å². The fraction of sp³-hybridized carbons (Fsp3) is 0.400. The second-order valence-electron chi connectivity index (χ2n) is 4.89. The van der Waals surface area contributed by atoms with Gasteiger partial charge in [-0.05, 0) is 37.5 Å². The summed E-state index contributed by atoms with van der Waals surface area (Å²) in [5, 5.41) is 14.5. The largest absolute Gasteiger partial charge is 0.369 e. The van der Waals surface area contributed by atoms with Crippen molar-refractivity contribution in [3.05, 3.63) is 35.5 Å². The van der Waals surface area contributed by atoms with Gasteiger partial charge >= 0.3 is 0 Å². The van der Waals surface area contributed by atoms with Gasteiger partial charge in [0.2, 0.25) is 5.95 Å². The van der Waals surface area contributed by atoms with Gasteiger partial charge < -0.3 is 10.6 Å². The Balaban J connectivity index is 2.09. The van der Waals surface area contributed by atoms with E-state index in [0.29, 0.717) is 5.95 Å². The maximum atomic E-state index is 4.41. The standard InChI is InChI=1S/C15H21N5/c1-4-5-8-16-14-10-17-20-15(19-14)18-13-9-11(2)6-7-12(13)3/h6-7,9-10H,4-5,8H2,1-3H3,(H2,16,18,19,20). The van der Waals surface area contributed by atoms with Crippen LogP contribution in [0.4, 0.5) is 17.5 Å². The van der Waals surface area contributed by atoms with E-state index in [2.05, 4.69) is 64.8 Å². The highest BCUT2D eigenvalue weighted by molar-refractivity contribution is 5.59. The maximum Gasteiger partial charge on any atom is 0.249 e. The summed E-state index contributed by atoms with van der Waals surface area (Å²) in [7, 11) is 0. The first kappa shape index (κ1) is 14.2. The van der Waals surface area contributed by atoms with Crippen molar-refractivity contribution in [2.24, 2.45) is 0 Å². The van der Waals surface area contributed by atoms with Crippen molar-refractivity contribution in [1.29, 1.82) is 0 Å². The van der Waals surface area contributed by atoms with E-state index in [1.54, 1.807) is 6.20 Å². The molecular formula is C15H21N5. The Morgan fingerprint density at radius 1 is 1.20 bits per heavy atom. The average Bonchev–Trinajstić information content (AvgIpc) is 2.44. The topological polar surface area (TPSA) is 62.7 Å². The third-order valence-corrected chi connectivity index (χ3v) is 3.03. The van der Waals surface area contributed by atoms with Gasteiger partial charge in [0, 0.05) is 12.2 Å². The fourth-order valence-electron chi connectivity index (χ4n) is 1.83. The number of nitrogens with one attached hydrogen (secondary N) is 2. The summed E-state index contributed by atoms with van der Waals surface area (Å²) in [6, 6.07) is 6.24. The maximum absolute atomic E-state index is 4.41. The van der Waals surface area contributed by atoms with Crippen molar-refractivity contribution in [3.8, 4) is 0 Å². The van der Waals surface area contributed by atoms with Crippen LogP contribution in [0.2, 0.25) is 0 Å². The van der Waals surface area contributed by atoms with Gasteiger partial charge in [-0.15, -0.1) is 5.10 Å². The summed E-state index contributed by atoms with van der Waals surface area (Å²) in [5.74, 6) is 1.27. The van der Waals surface area contributed by atoms with E-state index in [9.17, 15) is 0 Å². The van der Waals surface area contributed by atoms with Crippen molar-refractivity contribution in [2.75, 3.05) is 17.2 Å². The minimum atomic E-state index is 0.514. The minimum absolute atomic E-state index is 0.514. The first-order valence-electron chi connectivity index (χ1n) is 6.97. The van der Waals surface area contributed by atoms with E-state index in [0.717, 1.165) is 36.5 Å². The highest BCUT2D eigenvalue weighted by atomic mass is 15.3. The molecule has 2 aromatic rings. The van der Waals surface area contributed by atoms with Crippen LogP contribution in [0.1, 0.15) is 30.9 Å². The SMILES string of the molecule is CCCCNc1cnnc(Nc2cc(C)ccc2C)n1. The zero-order chi connectivity index (χ0) is 14.4. The predicted molar refractivity (Wildman–Crippen MR) is 82.4 cm³/mol. The average molecular weight is 271 g/mol. The number of rotatable bonds is 6. The number of hydrogen-bond donors (Lipinski definition) is 2. The second-order valence-corrected chi connectivity index (χ2v) is 4.89. The van der Waals surface area contributed by atoms with Crippen LogP contribution >= 0.6 is 0 Å². The molecule has 0 aliphatic rings. The molecule has 0 atom stereocenters. The molecule has 2 N–H and O–H groups in total. The van der Waals surface area contributed by atoms with Crippen molar-refractivity contribution < 1.29 is 0 Å². The fourth-order valence-corrected chi connectivity index (χ4v) is 1.83. The number of aromatic nitrogens is 3. The lowest BCUT2D eigenvalue weighted by Crippen LogP contribution is -2.07. The molecule has 5 heteroatoms. The number of hydrogen-bond acceptors (Lipinski definition) is 5. The van der Waals surface area contributed by atoms with Gasteiger partial charge in [0.15, 0.2) is 5.82 Å². The van der Waals surface area contributed by atoms with Crippen LogP contribution in [0.15, 0.2) is 24.4 Å². The third-order valence-electron chi connectivity index (χ3n) is 3.03. The Labute approximate surface area is 119 Å². The van der Waals surface area contributed by atoms with Crippen LogP contribution in [-0.4, -0.2) is 21.7 Å². The van der Waals surface area contributed by atoms with Gasteiger partial charge in [-0.3, -0.25) is 0 Å². The smallest absolute Gasteiger partial charge is 0.249 e. The van der Waals surface area contributed by atoms with Crippen LogP contribution in [0.5, 0.6) is 0 Å². The van der Waals surface area contributed by atoms with Crippen LogP contribution in [0.25, 0.3) is 0 Å². The van der Waals surface area contributed by atoms with Gasteiger partial charge in [0.1, 0.15) is 0 Å². The number of nitrogens with zero attached hydrogens (tertiary/aromatic N) is 3. The number of anilines is 3. The van der Waals surface area contributed by atoms with Crippen molar-refractivity contribution in [3.63, 3.8) is 0 Å². The molecule has 1 aromatic carbocycles. The van der Waals surface area contributed by atoms with E-state index < -0.39 is 0 Å².